The first-order valence-electron chi connectivity index (χ1n) is 6.04. The van der Waals surface area contributed by atoms with E-state index in [9.17, 15) is 17.2 Å². The van der Waals surface area contributed by atoms with Crippen molar-refractivity contribution in [2.45, 2.75) is 10.6 Å². The number of nitrogens with two attached hydrogens (primary N) is 1. The number of hydrogen-bond acceptors (Lipinski definition) is 7. The van der Waals surface area contributed by atoms with Crippen LogP contribution in [0, 0.1) is 11.6 Å². The van der Waals surface area contributed by atoms with E-state index >= 15 is 0 Å². The molecule has 0 spiro atoms. The van der Waals surface area contributed by atoms with E-state index in [1.165, 1.54) is 4.90 Å². The molecule has 10 heteroatoms. The van der Waals surface area contributed by atoms with Gasteiger partial charge in [-0.1, -0.05) is 0 Å². The topological polar surface area (TPSA) is 102 Å². The maximum atomic E-state index is 13.6. The molecule has 0 bridgehead atoms. The van der Waals surface area contributed by atoms with Gasteiger partial charge in [0.2, 0.25) is 11.9 Å². The SMILES string of the molecule is CN(C)c1nc(N)nc(CS(=O)(=O)c2cc(F)ccc2F)n1. The van der Waals surface area contributed by atoms with Gasteiger partial charge < -0.3 is 10.6 Å². The Kier molecular flexibility index (Phi) is 4.22. The van der Waals surface area contributed by atoms with Crippen LogP contribution in [0.2, 0.25) is 0 Å². The van der Waals surface area contributed by atoms with Crippen molar-refractivity contribution in [3.63, 3.8) is 0 Å². The number of rotatable bonds is 4. The van der Waals surface area contributed by atoms with E-state index in [2.05, 4.69) is 15.0 Å². The lowest BCUT2D eigenvalue weighted by Crippen LogP contribution is -2.18. The van der Waals surface area contributed by atoms with E-state index in [0.29, 0.717) is 6.07 Å². The molecular formula is C12H13F2N5O2S. The molecule has 0 amide bonds. The predicted octanol–water partition coefficient (Wildman–Crippen LogP) is 0.772. The first-order valence-corrected chi connectivity index (χ1v) is 7.70. The van der Waals surface area contributed by atoms with Crippen LogP contribution in [0.15, 0.2) is 23.1 Å². The van der Waals surface area contributed by atoms with Crippen molar-refractivity contribution >= 4 is 21.7 Å². The third-order valence-electron chi connectivity index (χ3n) is 2.63. The van der Waals surface area contributed by atoms with Gasteiger partial charge in [-0.2, -0.15) is 15.0 Å². The highest BCUT2D eigenvalue weighted by Crippen LogP contribution is 2.20. The molecule has 1 aromatic carbocycles. The average molecular weight is 329 g/mol. The first-order chi connectivity index (χ1) is 10.2. The zero-order valence-electron chi connectivity index (χ0n) is 11.8. The molecule has 1 heterocycles. The summed E-state index contributed by atoms with van der Waals surface area (Å²) in [6.45, 7) is 0. The molecule has 118 valence electrons. The highest BCUT2D eigenvalue weighted by molar-refractivity contribution is 7.90. The molecule has 7 nitrogen and oxygen atoms in total. The van der Waals surface area contributed by atoms with Gasteiger partial charge >= 0.3 is 0 Å². The van der Waals surface area contributed by atoms with E-state index in [1.807, 2.05) is 0 Å². The zero-order chi connectivity index (χ0) is 16.5. The summed E-state index contributed by atoms with van der Waals surface area (Å²) in [5.74, 6) is -2.78. The summed E-state index contributed by atoms with van der Waals surface area (Å²) in [6.07, 6.45) is 0. The summed E-state index contributed by atoms with van der Waals surface area (Å²) in [6, 6.07) is 2.19. The predicted molar refractivity (Wildman–Crippen MR) is 75.8 cm³/mol. The summed E-state index contributed by atoms with van der Waals surface area (Å²) < 4.78 is 51.2. The van der Waals surface area contributed by atoms with Gasteiger partial charge in [0.05, 0.1) is 0 Å². The molecule has 0 fully saturated rings. The van der Waals surface area contributed by atoms with Gasteiger partial charge in [-0.05, 0) is 18.2 Å². The van der Waals surface area contributed by atoms with Gasteiger partial charge in [-0.15, -0.1) is 0 Å². The number of nitrogen functional groups attached to an aromatic ring is 1. The molecule has 1 aromatic heterocycles. The Bertz CT molecular complexity index is 811. The third-order valence-corrected chi connectivity index (χ3v) is 4.26. The average Bonchev–Trinajstić information content (AvgIpc) is 2.40. The second kappa shape index (κ2) is 5.79. The van der Waals surface area contributed by atoms with Crippen molar-refractivity contribution in [3.8, 4) is 0 Å². The largest absolute Gasteiger partial charge is 0.368 e. The molecule has 0 radical (unpaired) electrons. The fraction of sp³-hybridized carbons (Fsp3) is 0.250. The number of aromatic nitrogens is 3. The lowest BCUT2D eigenvalue weighted by Gasteiger charge is -2.11. The second-order valence-electron chi connectivity index (χ2n) is 4.64. The monoisotopic (exact) mass is 329 g/mol. The Balaban J connectivity index is 2.43. The highest BCUT2D eigenvalue weighted by atomic mass is 32.2. The van der Waals surface area contributed by atoms with Crippen LogP contribution in [0.3, 0.4) is 0 Å². The number of anilines is 2. The minimum Gasteiger partial charge on any atom is -0.368 e. The van der Waals surface area contributed by atoms with Gasteiger partial charge in [-0.3, -0.25) is 0 Å². The smallest absolute Gasteiger partial charge is 0.229 e. The summed E-state index contributed by atoms with van der Waals surface area (Å²) >= 11 is 0. The minimum absolute atomic E-state index is 0.153. The van der Waals surface area contributed by atoms with Crippen LogP contribution in [0.1, 0.15) is 5.82 Å². The van der Waals surface area contributed by atoms with Gasteiger partial charge in [0.25, 0.3) is 0 Å². The molecule has 22 heavy (non-hydrogen) atoms. The second-order valence-corrected chi connectivity index (χ2v) is 6.60. The van der Waals surface area contributed by atoms with Crippen LogP contribution in [-0.4, -0.2) is 37.5 Å². The van der Waals surface area contributed by atoms with Crippen molar-refractivity contribution in [2.75, 3.05) is 24.7 Å². The molecule has 0 saturated heterocycles. The van der Waals surface area contributed by atoms with Gasteiger partial charge in [-0.25, -0.2) is 17.2 Å². The van der Waals surface area contributed by atoms with E-state index < -0.39 is 32.1 Å². The maximum absolute atomic E-state index is 13.6. The molecule has 0 saturated carbocycles. The molecule has 0 aliphatic heterocycles. The number of nitrogens with zero attached hydrogens (tertiary/aromatic N) is 4. The fourth-order valence-electron chi connectivity index (χ4n) is 1.65. The zero-order valence-corrected chi connectivity index (χ0v) is 12.6. The van der Waals surface area contributed by atoms with Gasteiger partial charge in [0.15, 0.2) is 15.7 Å². The summed E-state index contributed by atoms with van der Waals surface area (Å²) in [7, 11) is -0.891. The Morgan fingerprint density at radius 2 is 1.86 bits per heavy atom. The van der Waals surface area contributed by atoms with Crippen molar-refractivity contribution in [3.05, 3.63) is 35.7 Å². The quantitative estimate of drug-likeness (QED) is 0.884. The van der Waals surface area contributed by atoms with Crippen LogP contribution in [0.5, 0.6) is 0 Å². The van der Waals surface area contributed by atoms with Crippen LogP contribution >= 0.6 is 0 Å². The fourth-order valence-corrected chi connectivity index (χ4v) is 2.93. The third kappa shape index (κ3) is 3.45. The molecule has 0 atom stereocenters. The lowest BCUT2D eigenvalue weighted by atomic mass is 10.3. The van der Waals surface area contributed by atoms with Crippen molar-refractivity contribution in [1.29, 1.82) is 0 Å². The Labute approximate surface area is 125 Å². The van der Waals surface area contributed by atoms with Gasteiger partial charge in [0.1, 0.15) is 22.3 Å². The van der Waals surface area contributed by atoms with Crippen LogP contribution in [0.25, 0.3) is 0 Å². The summed E-state index contributed by atoms with van der Waals surface area (Å²) in [5.41, 5.74) is 5.49. The summed E-state index contributed by atoms with van der Waals surface area (Å²) in [5, 5.41) is 0. The van der Waals surface area contributed by atoms with Crippen molar-refractivity contribution < 1.29 is 17.2 Å². The Hall–Kier alpha value is -2.36. The van der Waals surface area contributed by atoms with Crippen molar-refractivity contribution in [1.82, 2.24) is 15.0 Å². The summed E-state index contributed by atoms with van der Waals surface area (Å²) in [4.78, 5) is 12.2. The van der Waals surface area contributed by atoms with Gasteiger partial charge in [0, 0.05) is 14.1 Å². The standard InChI is InChI=1S/C12H13F2N5O2S/c1-19(2)12-17-10(16-11(15)18-12)6-22(20,21)9-5-7(13)3-4-8(9)14/h3-5H,6H2,1-2H3,(H2,15,16,17,18). The normalized spacial score (nSPS) is 11.5. The molecule has 2 aromatic rings. The lowest BCUT2D eigenvalue weighted by molar-refractivity contribution is 0.552. The maximum Gasteiger partial charge on any atom is 0.229 e. The number of halogens is 2. The molecule has 0 aliphatic carbocycles. The van der Waals surface area contributed by atoms with E-state index in [-0.39, 0.29) is 17.7 Å². The van der Waals surface area contributed by atoms with E-state index in [1.54, 1.807) is 14.1 Å². The van der Waals surface area contributed by atoms with E-state index in [0.717, 1.165) is 12.1 Å². The number of benzene rings is 1. The van der Waals surface area contributed by atoms with Crippen LogP contribution in [0.4, 0.5) is 20.7 Å². The number of sulfone groups is 1. The van der Waals surface area contributed by atoms with Crippen LogP contribution in [-0.2, 0) is 15.6 Å². The highest BCUT2D eigenvalue weighted by Gasteiger charge is 2.23. The molecular weight excluding hydrogens is 316 g/mol. The van der Waals surface area contributed by atoms with E-state index in [4.69, 9.17) is 5.73 Å². The Morgan fingerprint density at radius 1 is 1.18 bits per heavy atom. The van der Waals surface area contributed by atoms with Crippen molar-refractivity contribution in [2.24, 2.45) is 0 Å². The molecule has 2 rings (SSSR count). The number of hydrogen-bond donors (Lipinski definition) is 1. The molecule has 2 N–H and O–H groups in total. The minimum atomic E-state index is -4.17. The molecule has 0 aliphatic rings. The molecule has 0 unspecified atom stereocenters. The van der Waals surface area contributed by atoms with Crippen LogP contribution < -0.4 is 10.6 Å². The Morgan fingerprint density at radius 3 is 2.50 bits per heavy atom. The first kappa shape index (κ1) is 16.0.